The van der Waals surface area contributed by atoms with Gasteiger partial charge in [-0.25, -0.2) is 13.8 Å². The lowest BCUT2D eigenvalue weighted by Crippen LogP contribution is -2.35. The van der Waals surface area contributed by atoms with E-state index in [1.807, 2.05) is 19.1 Å². The molecule has 1 aliphatic heterocycles. The molecular formula is C19H19F2N3. The summed E-state index contributed by atoms with van der Waals surface area (Å²) < 4.78 is 26.3. The van der Waals surface area contributed by atoms with E-state index >= 15 is 0 Å². The summed E-state index contributed by atoms with van der Waals surface area (Å²) in [4.78, 5) is 6.66. The van der Waals surface area contributed by atoms with Crippen LogP contribution in [-0.4, -0.2) is 18.1 Å². The minimum absolute atomic E-state index is 0.432. The van der Waals surface area contributed by atoms with Gasteiger partial charge in [-0.2, -0.15) is 5.26 Å². The summed E-state index contributed by atoms with van der Waals surface area (Å²) in [7, 11) is 0. The molecule has 3 nitrogen and oxygen atoms in total. The first kappa shape index (κ1) is 16.4. The zero-order valence-corrected chi connectivity index (χ0v) is 13.6. The minimum atomic E-state index is -0.803. The van der Waals surface area contributed by atoms with Gasteiger partial charge in [-0.1, -0.05) is 6.07 Å². The van der Waals surface area contributed by atoms with Crippen molar-refractivity contribution in [1.29, 1.82) is 5.26 Å². The highest BCUT2D eigenvalue weighted by Crippen LogP contribution is 2.27. The van der Waals surface area contributed by atoms with E-state index in [-0.39, 0.29) is 0 Å². The third-order valence-corrected chi connectivity index (χ3v) is 4.56. The number of nitrogens with zero attached hydrogens (tertiary/aromatic N) is 3. The molecule has 1 fully saturated rings. The van der Waals surface area contributed by atoms with Crippen molar-refractivity contribution in [2.75, 3.05) is 18.0 Å². The molecule has 124 valence electrons. The molecule has 1 saturated heterocycles. The van der Waals surface area contributed by atoms with Crippen molar-refractivity contribution in [3.63, 3.8) is 0 Å². The Kier molecular flexibility index (Phi) is 4.75. The van der Waals surface area contributed by atoms with E-state index in [0.717, 1.165) is 49.4 Å². The Morgan fingerprint density at radius 3 is 2.58 bits per heavy atom. The Hall–Kier alpha value is -2.48. The van der Waals surface area contributed by atoms with Gasteiger partial charge >= 0.3 is 0 Å². The molecule has 3 rings (SSSR count). The van der Waals surface area contributed by atoms with Crippen molar-refractivity contribution >= 4 is 5.82 Å². The third kappa shape index (κ3) is 3.53. The lowest BCUT2D eigenvalue weighted by molar-refractivity contribution is 0.400. The normalized spacial score (nSPS) is 15.3. The maximum Gasteiger partial charge on any atom is 0.159 e. The Bertz CT molecular complexity index is 775. The van der Waals surface area contributed by atoms with E-state index in [1.165, 1.54) is 12.1 Å². The van der Waals surface area contributed by atoms with Gasteiger partial charge in [0.15, 0.2) is 11.6 Å². The number of aromatic nitrogens is 1. The summed E-state index contributed by atoms with van der Waals surface area (Å²) in [5.41, 5.74) is 2.33. The minimum Gasteiger partial charge on any atom is -0.355 e. The molecule has 0 atom stereocenters. The maximum absolute atomic E-state index is 13.3. The summed E-state index contributed by atoms with van der Waals surface area (Å²) in [6, 6.07) is 9.99. The summed E-state index contributed by atoms with van der Waals surface area (Å²) in [5.74, 6) is -0.402. The van der Waals surface area contributed by atoms with E-state index in [4.69, 9.17) is 0 Å². The molecule has 5 heteroatoms. The summed E-state index contributed by atoms with van der Waals surface area (Å²) >= 11 is 0. The number of hydrogen-bond donors (Lipinski definition) is 0. The molecule has 2 heterocycles. The summed E-state index contributed by atoms with van der Waals surface area (Å²) in [5, 5.41) is 9.25. The van der Waals surface area contributed by atoms with E-state index in [9.17, 15) is 14.0 Å². The fraction of sp³-hybridized carbons (Fsp3) is 0.368. The zero-order chi connectivity index (χ0) is 17.1. The monoisotopic (exact) mass is 327 g/mol. The van der Waals surface area contributed by atoms with Crippen LogP contribution in [0.5, 0.6) is 0 Å². The summed E-state index contributed by atoms with van der Waals surface area (Å²) in [6.45, 7) is 3.55. The molecule has 24 heavy (non-hydrogen) atoms. The fourth-order valence-electron chi connectivity index (χ4n) is 3.22. The number of piperidine rings is 1. The van der Waals surface area contributed by atoms with Crippen LogP contribution in [0.4, 0.5) is 14.6 Å². The van der Waals surface area contributed by atoms with Gasteiger partial charge in [0.05, 0.1) is 5.56 Å². The van der Waals surface area contributed by atoms with E-state index in [2.05, 4.69) is 16.0 Å². The number of hydrogen-bond acceptors (Lipinski definition) is 3. The van der Waals surface area contributed by atoms with Crippen LogP contribution in [0.1, 0.15) is 29.7 Å². The molecule has 0 bridgehead atoms. The second kappa shape index (κ2) is 6.96. The standard InChI is InChI=1S/C19H19F2N3/c1-13-2-4-16(12-22)19(23-13)24-8-6-14(7-9-24)10-15-3-5-17(20)18(21)11-15/h2-5,11,14H,6-10H2,1H3. The molecule has 1 aliphatic rings. The van der Waals surface area contributed by atoms with Crippen LogP contribution in [0.15, 0.2) is 30.3 Å². The second-order valence-electron chi connectivity index (χ2n) is 6.32. The molecule has 0 N–H and O–H groups in total. The molecule has 1 aromatic carbocycles. The first-order valence-corrected chi connectivity index (χ1v) is 8.13. The highest BCUT2D eigenvalue weighted by molar-refractivity contribution is 5.54. The quantitative estimate of drug-likeness (QED) is 0.855. The molecule has 1 aromatic heterocycles. The smallest absolute Gasteiger partial charge is 0.159 e. The number of anilines is 1. The van der Waals surface area contributed by atoms with Gasteiger partial charge in [-0.3, -0.25) is 0 Å². The van der Waals surface area contributed by atoms with Gasteiger partial charge in [0.2, 0.25) is 0 Å². The maximum atomic E-state index is 13.3. The molecule has 2 aromatic rings. The Morgan fingerprint density at radius 1 is 1.17 bits per heavy atom. The van der Waals surface area contributed by atoms with Crippen LogP contribution in [-0.2, 0) is 6.42 Å². The predicted octanol–water partition coefficient (Wildman–Crippen LogP) is 4.00. The van der Waals surface area contributed by atoms with Crippen molar-refractivity contribution in [2.45, 2.75) is 26.2 Å². The molecule has 0 unspecified atom stereocenters. The van der Waals surface area contributed by atoms with Crippen molar-refractivity contribution in [3.05, 3.63) is 58.8 Å². The Balaban J connectivity index is 1.65. The summed E-state index contributed by atoms with van der Waals surface area (Å²) in [6.07, 6.45) is 2.64. The third-order valence-electron chi connectivity index (χ3n) is 4.56. The molecule has 0 amide bonds. The van der Waals surface area contributed by atoms with Gasteiger partial charge in [0, 0.05) is 18.8 Å². The average molecular weight is 327 g/mol. The van der Waals surface area contributed by atoms with Crippen LogP contribution < -0.4 is 4.90 Å². The highest BCUT2D eigenvalue weighted by atomic mass is 19.2. The second-order valence-corrected chi connectivity index (χ2v) is 6.32. The first-order chi connectivity index (χ1) is 11.6. The number of nitriles is 1. The zero-order valence-electron chi connectivity index (χ0n) is 13.6. The molecule has 0 saturated carbocycles. The topological polar surface area (TPSA) is 39.9 Å². The molecule has 0 radical (unpaired) electrons. The van der Waals surface area contributed by atoms with Crippen LogP contribution >= 0.6 is 0 Å². The van der Waals surface area contributed by atoms with Crippen LogP contribution in [0, 0.1) is 35.8 Å². The van der Waals surface area contributed by atoms with E-state index < -0.39 is 11.6 Å². The predicted molar refractivity (Wildman–Crippen MR) is 88.7 cm³/mol. The highest BCUT2D eigenvalue weighted by Gasteiger charge is 2.22. The van der Waals surface area contributed by atoms with Crippen molar-refractivity contribution in [2.24, 2.45) is 5.92 Å². The van der Waals surface area contributed by atoms with Crippen LogP contribution in [0.2, 0.25) is 0 Å². The van der Waals surface area contributed by atoms with Crippen LogP contribution in [0.25, 0.3) is 0 Å². The Labute approximate surface area is 140 Å². The average Bonchev–Trinajstić information content (AvgIpc) is 2.59. The van der Waals surface area contributed by atoms with Gasteiger partial charge in [0.25, 0.3) is 0 Å². The number of pyridine rings is 1. The SMILES string of the molecule is Cc1ccc(C#N)c(N2CCC(Cc3ccc(F)c(F)c3)CC2)n1. The van der Waals surface area contributed by atoms with E-state index in [0.29, 0.717) is 11.5 Å². The molecule has 0 spiro atoms. The number of rotatable bonds is 3. The van der Waals surface area contributed by atoms with Crippen molar-refractivity contribution in [3.8, 4) is 6.07 Å². The largest absolute Gasteiger partial charge is 0.355 e. The number of benzene rings is 1. The molecular weight excluding hydrogens is 308 g/mol. The van der Waals surface area contributed by atoms with Gasteiger partial charge < -0.3 is 4.90 Å². The Morgan fingerprint density at radius 2 is 1.92 bits per heavy atom. The van der Waals surface area contributed by atoms with Crippen LogP contribution in [0.3, 0.4) is 0 Å². The van der Waals surface area contributed by atoms with Gasteiger partial charge in [0.1, 0.15) is 11.9 Å². The lowest BCUT2D eigenvalue weighted by Gasteiger charge is -2.33. The fourth-order valence-corrected chi connectivity index (χ4v) is 3.22. The van der Waals surface area contributed by atoms with Crippen molar-refractivity contribution < 1.29 is 8.78 Å². The lowest BCUT2D eigenvalue weighted by atomic mass is 9.90. The molecule has 0 aliphatic carbocycles. The number of halogens is 2. The van der Waals surface area contributed by atoms with Gasteiger partial charge in [-0.15, -0.1) is 0 Å². The number of aryl methyl sites for hydroxylation is 1. The van der Waals surface area contributed by atoms with Gasteiger partial charge in [-0.05, 0) is 61.9 Å². The first-order valence-electron chi connectivity index (χ1n) is 8.13. The van der Waals surface area contributed by atoms with E-state index in [1.54, 1.807) is 6.07 Å². The van der Waals surface area contributed by atoms with Crippen molar-refractivity contribution in [1.82, 2.24) is 4.98 Å².